The van der Waals surface area contributed by atoms with Crippen molar-refractivity contribution in [2.45, 2.75) is 25.7 Å². The van der Waals surface area contributed by atoms with Gasteiger partial charge in [-0.25, -0.2) is 9.78 Å². The molecule has 1 saturated heterocycles. The first kappa shape index (κ1) is 17.4. The molecule has 3 amide bonds. The summed E-state index contributed by atoms with van der Waals surface area (Å²) < 4.78 is 4.98. The van der Waals surface area contributed by atoms with Crippen LogP contribution in [0.2, 0.25) is 0 Å². The van der Waals surface area contributed by atoms with E-state index in [1.165, 1.54) is 23.3 Å². The number of aromatic nitrogens is 1. The monoisotopic (exact) mass is 344 g/mol. The molecule has 25 heavy (non-hydrogen) atoms. The molecule has 1 aliphatic carbocycles. The summed E-state index contributed by atoms with van der Waals surface area (Å²) in [5.41, 5.74) is 2.44. The Morgan fingerprint density at radius 2 is 2.24 bits per heavy atom. The van der Waals surface area contributed by atoms with Crippen LogP contribution in [-0.4, -0.2) is 60.2 Å². The average molecular weight is 344 g/mol. The third-order valence-electron chi connectivity index (χ3n) is 4.53. The summed E-state index contributed by atoms with van der Waals surface area (Å²) >= 11 is 0. The lowest BCUT2D eigenvalue weighted by atomic mass is 9.95. The summed E-state index contributed by atoms with van der Waals surface area (Å²) in [6, 6.07) is 3.48. The first-order valence-corrected chi connectivity index (χ1v) is 8.65. The summed E-state index contributed by atoms with van der Waals surface area (Å²) in [6.45, 7) is 1.31. The van der Waals surface area contributed by atoms with Crippen LogP contribution in [0.5, 0.6) is 0 Å². The van der Waals surface area contributed by atoms with Crippen LogP contribution in [0.3, 0.4) is 0 Å². The second-order valence-corrected chi connectivity index (χ2v) is 6.33. The molecule has 2 heterocycles. The average Bonchev–Trinajstić information content (AvgIpc) is 3.02. The Balaban J connectivity index is 1.56. The zero-order valence-corrected chi connectivity index (χ0v) is 14.5. The Kier molecular flexibility index (Phi) is 5.65. The van der Waals surface area contributed by atoms with Gasteiger partial charge in [0.15, 0.2) is 0 Å². The lowest BCUT2D eigenvalue weighted by Gasteiger charge is -2.18. The zero-order valence-electron chi connectivity index (χ0n) is 14.5. The van der Waals surface area contributed by atoms with Crippen LogP contribution < -0.4 is 5.32 Å². The van der Waals surface area contributed by atoms with Gasteiger partial charge in [0.2, 0.25) is 5.91 Å². The minimum absolute atomic E-state index is 0.0697. The minimum Gasteiger partial charge on any atom is -0.383 e. The molecule has 0 atom stereocenters. The van der Waals surface area contributed by atoms with Gasteiger partial charge in [-0.05, 0) is 49.0 Å². The van der Waals surface area contributed by atoms with Gasteiger partial charge in [0.05, 0.1) is 13.3 Å². The Hall–Kier alpha value is -2.41. The summed E-state index contributed by atoms with van der Waals surface area (Å²) in [7, 11) is 1.59. The van der Waals surface area contributed by atoms with E-state index in [-0.39, 0.29) is 25.2 Å². The number of hydrogen-bond donors (Lipinski definition) is 1. The molecule has 0 radical (unpaired) electrons. The van der Waals surface area contributed by atoms with Crippen molar-refractivity contribution in [3.8, 4) is 0 Å². The number of amides is 3. The number of pyridine rings is 1. The predicted molar refractivity (Wildman–Crippen MR) is 94.9 cm³/mol. The summed E-state index contributed by atoms with van der Waals surface area (Å²) in [5.74, 6) is 0.424. The maximum absolute atomic E-state index is 12.3. The molecule has 7 heteroatoms. The molecular weight excluding hydrogens is 320 g/mol. The van der Waals surface area contributed by atoms with Gasteiger partial charge in [-0.1, -0.05) is 6.08 Å². The number of anilines is 1. The number of nitrogens with zero attached hydrogens (tertiary/aromatic N) is 3. The van der Waals surface area contributed by atoms with Gasteiger partial charge in [-0.15, -0.1) is 0 Å². The first-order chi connectivity index (χ1) is 12.2. The maximum atomic E-state index is 12.3. The van der Waals surface area contributed by atoms with Crippen molar-refractivity contribution in [2.24, 2.45) is 0 Å². The van der Waals surface area contributed by atoms with Crippen LogP contribution in [0.4, 0.5) is 10.6 Å². The van der Waals surface area contributed by atoms with Gasteiger partial charge >= 0.3 is 6.03 Å². The molecule has 2 aliphatic rings. The molecule has 0 saturated carbocycles. The normalized spacial score (nSPS) is 17.6. The molecule has 1 aromatic heterocycles. The second-order valence-electron chi connectivity index (χ2n) is 6.33. The van der Waals surface area contributed by atoms with Gasteiger partial charge < -0.3 is 9.64 Å². The largest absolute Gasteiger partial charge is 0.383 e. The summed E-state index contributed by atoms with van der Waals surface area (Å²) in [6.07, 6.45) is 8.74. The smallest absolute Gasteiger partial charge is 0.324 e. The van der Waals surface area contributed by atoms with E-state index in [0.717, 1.165) is 18.4 Å². The van der Waals surface area contributed by atoms with Crippen molar-refractivity contribution in [2.75, 3.05) is 38.8 Å². The van der Waals surface area contributed by atoms with Crippen molar-refractivity contribution >= 4 is 23.3 Å². The van der Waals surface area contributed by atoms with Crippen molar-refractivity contribution in [3.63, 3.8) is 0 Å². The van der Waals surface area contributed by atoms with Crippen molar-refractivity contribution in [3.05, 3.63) is 30.0 Å². The molecule has 0 aromatic carbocycles. The first-order valence-electron chi connectivity index (χ1n) is 8.65. The molecule has 1 fully saturated rings. The van der Waals surface area contributed by atoms with Crippen LogP contribution in [0.25, 0.3) is 5.57 Å². The third kappa shape index (κ3) is 4.36. The SMILES string of the molecule is COCCN1CN(C(=O)Nc2ccc(C3=CCCCC3)cn2)CC1=O. The molecule has 1 aliphatic heterocycles. The molecule has 1 aromatic rings. The Morgan fingerprint density at radius 1 is 1.36 bits per heavy atom. The highest BCUT2D eigenvalue weighted by atomic mass is 16.5. The van der Waals surface area contributed by atoms with E-state index in [1.807, 2.05) is 12.1 Å². The Morgan fingerprint density at radius 3 is 2.92 bits per heavy atom. The molecule has 0 bridgehead atoms. The molecule has 0 unspecified atom stereocenters. The van der Waals surface area contributed by atoms with Gasteiger partial charge in [0, 0.05) is 19.9 Å². The Labute approximate surface area is 147 Å². The fourth-order valence-electron chi connectivity index (χ4n) is 3.08. The molecular formula is C18H24N4O3. The molecule has 0 spiro atoms. The van der Waals surface area contributed by atoms with Gasteiger partial charge in [-0.3, -0.25) is 15.0 Å². The number of nitrogens with one attached hydrogen (secondary N) is 1. The van der Waals surface area contributed by atoms with Gasteiger partial charge in [0.25, 0.3) is 0 Å². The number of hydrogen-bond acceptors (Lipinski definition) is 4. The van der Waals surface area contributed by atoms with E-state index in [1.54, 1.807) is 18.2 Å². The second kappa shape index (κ2) is 8.11. The molecule has 7 nitrogen and oxygen atoms in total. The van der Waals surface area contributed by atoms with Gasteiger partial charge in [-0.2, -0.15) is 0 Å². The number of carbonyl (C=O) groups is 2. The maximum Gasteiger partial charge on any atom is 0.324 e. The lowest BCUT2D eigenvalue weighted by molar-refractivity contribution is -0.127. The highest BCUT2D eigenvalue weighted by Crippen LogP contribution is 2.26. The predicted octanol–water partition coefficient (Wildman–Crippen LogP) is 2.32. The summed E-state index contributed by atoms with van der Waals surface area (Å²) in [4.78, 5) is 31.6. The van der Waals surface area contributed by atoms with Crippen LogP contribution in [-0.2, 0) is 9.53 Å². The van der Waals surface area contributed by atoms with E-state index >= 15 is 0 Å². The van der Waals surface area contributed by atoms with E-state index in [9.17, 15) is 9.59 Å². The van der Waals surface area contributed by atoms with E-state index in [2.05, 4.69) is 16.4 Å². The number of ether oxygens (including phenoxy) is 1. The lowest BCUT2D eigenvalue weighted by Crippen LogP contribution is -2.35. The Bertz CT molecular complexity index is 657. The fourth-order valence-corrected chi connectivity index (χ4v) is 3.08. The van der Waals surface area contributed by atoms with Crippen LogP contribution >= 0.6 is 0 Å². The number of carbonyl (C=O) groups excluding carboxylic acids is 2. The van der Waals surface area contributed by atoms with E-state index in [4.69, 9.17) is 4.74 Å². The van der Waals surface area contributed by atoms with Crippen LogP contribution in [0, 0.1) is 0 Å². The molecule has 134 valence electrons. The third-order valence-corrected chi connectivity index (χ3v) is 4.53. The minimum atomic E-state index is -0.314. The number of methoxy groups -OCH3 is 1. The van der Waals surface area contributed by atoms with Crippen molar-refractivity contribution in [1.29, 1.82) is 0 Å². The highest BCUT2D eigenvalue weighted by Gasteiger charge is 2.30. The number of allylic oxidation sites excluding steroid dienone is 2. The highest BCUT2D eigenvalue weighted by molar-refractivity contribution is 5.93. The van der Waals surface area contributed by atoms with Crippen LogP contribution in [0.1, 0.15) is 31.2 Å². The zero-order chi connectivity index (χ0) is 17.6. The number of rotatable bonds is 5. The van der Waals surface area contributed by atoms with Crippen molar-refractivity contribution < 1.29 is 14.3 Å². The van der Waals surface area contributed by atoms with E-state index in [0.29, 0.717) is 19.0 Å². The topological polar surface area (TPSA) is 74.8 Å². The standard InChI is InChI=1S/C18H24N4O3/c1-25-10-9-21-13-22(12-17(21)23)18(24)20-16-8-7-15(11-19-16)14-5-3-2-4-6-14/h5,7-8,11H,2-4,6,9-10,12-13H2,1H3,(H,19,20,24). The quantitative estimate of drug-likeness (QED) is 0.889. The van der Waals surface area contributed by atoms with Crippen LogP contribution in [0.15, 0.2) is 24.4 Å². The van der Waals surface area contributed by atoms with Crippen molar-refractivity contribution in [1.82, 2.24) is 14.8 Å². The van der Waals surface area contributed by atoms with E-state index < -0.39 is 0 Å². The van der Waals surface area contributed by atoms with Gasteiger partial charge in [0.1, 0.15) is 12.4 Å². The molecule has 3 rings (SSSR count). The molecule has 1 N–H and O–H groups in total. The summed E-state index contributed by atoms with van der Waals surface area (Å²) in [5, 5.41) is 2.76. The fraction of sp³-hybridized carbons (Fsp3) is 0.500. The number of urea groups is 1.